The molecule has 2 aliphatic carbocycles. The van der Waals surface area contributed by atoms with E-state index in [0.29, 0.717) is 24.3 Å². The van der Waals surface area contributed by atoms with Gasteiger partial charge in [0.05, 0.1) is 6.42 Å². The summed E-state index contributed by atoms with van der Waals surface area (Å²) in [5.74, 6) is -0.132. The highest BCUT2D eigenvalue weighted by Gasteiger charge is 2.37. The van der Waals surface area contributed by atoms with E-state index in [-0.39, 0.29) is 12.5 Å². The van der Waals surface area contributed by atoms with Crippen molar-refractivity contribution in [3.05, 3.63) is 59.7 Å². The smallest absolute Gasteiger partial charge is 0.407 e. The number of nitrogens with one attached hydrogen (secondary N) is 2. The molecule has 7 heteroatoms. The van der Waals surface area contributed by atoms with Gasteiger partial charge in [0.25, 0.3) is 0 Å². The van der Waals surface area contributed by atoms with Crippen molar-refractivity contribution in [2.24, 2.45) is 17.8 Å². The van der Waals surface area contributed by atoms with Gasteiger partial charge in [-0.2, -0.15) is 0 Å². The minimum Gasteiger partial charge on any atom is -0.481 e. The second kappa shape index (κ2) is 10.3. The van der Waals surface area contributed by atoms with Crippen LogP contribution in [0.5, 0.6) is 0 Å². The molecule has 0 heterocycles. The van der Waals surface area contributed by atoms with Crippen LogP contribution in [0.1, 0.15) is 50.2 Å². The quantitative estimate of drug-likeness (QED) is 0.490. The Morgan fingerprint density at radius 1 is 1.00 bits per heavy atom. The first-order valence-corrected chi connectivity index (χ1v) is 11.9. The number of alkyl carbamates (subject to hydrolysis) is 1. The molecule has 4 rings (SSSR count). The van der Waals surface area contributed by atoms with Crippen LogP contribution in [-0.4, -0.2) is 42.3 Å². The van der Waals surface area contributed by atoms with Gasteiger partial charge in [-0.15, -0.1) is 0 Å². The predicted molar refractivity (Wildman–Crippen MR) is 128 cm³/mol. The molecule has 0 aromatic heterocycles. The Morgan fingerprint density at radius 2 is 1.62 bits per heavy atom. The third kappa shape index (κ3) is 5.58. The molecule has 0 bridgehead atoms. The average Bonchev–Trinajstić information content (AvgIpc) is 3.45. The van der Waals surface area contributed by atoms with Crippen LogP contribution in [0.15, 0.2) is 48.5 Å². The van der Waals surface area contributed by atoms with Crippen LogP contribution in [0.3, 0.4) is 0 Å². The van der Waals surface area contributed by atoms with E-state index in [2.05, 4.69) is 24.5 Å². The number of hydrogen-bond acceptors (Lipinski definition) is 4. The van der Waals surface area contributed by atoms with E-state index in [9.17, 15) is 19.5 Å². The maximum absolute atomic E-state index is 12.6. The molecule has 2 aromatic rings. The van der Waals surface area contributed by atoms with Crippen LogP contribution in [0.4, 0.5) is 4.79 Å². The van der Waals surface area contributed by atoms with Gasteiger partial charge in [-0.3, -0.25) is 9.59 Å². The first-order chi connectivity index (χ1) is 16.3. The zero-order valence-electron chi connectivity index (χ0n) is 19.6. The number of aliphatic carboxylic acids is 1. The van der Waals surface area contributed by atoms with Gasteiger partial charge in [-0.1, -0.05) is 62.4 Å². The molecule has 2 amide bonds. The van der Waals surface area contributed by atoms with Crippen LogP contribution < -0.4 is 10.6 Å². The van der Waals surface area contributed by atoms with Crippen molar-refractivity contribution in [2.75, 3.05) is 13.2 Å². The monoisotopic (exact) mass is 464 g/mol. The van der Waals surface area contributed by atoms with E-state index in [1.54, 1.807) is 0 Å². The molecule has 1 saturated carbocycles. The van der Waals surface area contributed by atoms with Crippen molar-refractivity contribution in [1.82, 2.24) is 10.6 Å². The number of benzene rings is 2. The lowest BCUT2D eigenvalue weighted by molar-refractivity contribution is -0.139. The number of carboxylic acids is 1. The minimum atomic E-state index is -1.18. The molecule has 3 unspecified atom stereocenters. The van der Waals surface area contributed by atoms with Crippen LogP contribution in [-0.2, 0) is 14.3 Å². The number of rotatable bonds is 10. The maximum Gasteiger partial charge on any atom is 0.407 e. The Balaban J connectivity index is 1.33. The van der Waals surface area contributed by atoms with Crippen molar-refractivity contribution in [3.8, 4) is 11.1 Å². The first-order valence-electron chi connectivity index (χ1n) is 11.9. The van der Waals surface area contributed by atoms with E-state index < -0.39 is 30.4 Å². The summed E-state index contributed by atoms with van der Waals surface area (Å²) >= 11 is 0. The third-order valence-electron chi connectivity index (χ3n) is 6.71. The fourth-order valence-corrected chi connectivity index (χ4v) is 4.98. The SMILES string of the molecule is CC(C)CC1CC1CNC(=O)C(CC(=O)O)NC(=O)OCC1c2ccccc2-c2ccccc21. The number of amides is 2. The van der Waals surface area contributed by atoms with Crippen LogP contribution in [0.25, 0.3) is 11.1 Å². The van der Waals surface area contributed by atoms with Crippen LogP contribution in [0, 0.1) is 17.8 Å². The van der Waals surface area contributed by atoms with Gasteiger partial charge in [-0.05, 0) is 52.8 Å². The second-order valence-electron chi connectivity index (χ2n) is 9.75. The fourth-order valence-electron chi connectivity index (χ4n) is 4.98. The van der Waals surface area contributed by atoms with Gasteiger partial charge in [0.15, 0.2) is 0 Å². The normalized spacial score (nSPS) is 19.1. The number of fused-ring (bicyclic) bond motifs is 3. The summed E-state index contributed by atoms with van der Waals surface area (Å²) in [6.07, 6.45) is 0.891. The lowest BCUT2D eigenvalue weighted by Crippen LogP contribution is -2.48. The van der Waals surface area contributed by atoms with E-state index >= 15 is 0 Å². The van der Waals surface area contributed by atoms with Crippen LogP contribution >= 0.6 is 0 Å². The Hall–Kier alpha value is -3.35. The zero-order valence-corrected chi connectivity index (χ0v) is 19.6. The molecule has 1 fully saturated rings. The number of carbonyl (C=O) groups is 3. The van der Waals surface area contributed by atoms with E-state index in [4.69, 9.17) is 4.74 Å². The standard InChI is InChI=1S/C27H32N2O5/c1-16(2)11-17-12-18(17)14-28-26(32)24(13-25(30)31)29-27(33)34-15-23-21-9-5-3-7-19(21)20-8-4-6-10-22(20)23/h3-10,16-18,23-24H,11-15H2,1-2H3,(H,28,32)(H,29,33)(H,30,31). The van der Waals surface area contributed by atoms with Crippen molar-refractivity contribution < 1.29 is 24.2 Å². The molecule has 2 aliphatic rings. The summed E-state index contributed by atoms with van der Waals surface area (Å²) in [6.45, 7) is 4.95. The fraction of sp³-hybridized carbons (Fsp3) is 0.444. The Kier molecular flexibility index (Phi) is 7.20. The van der Waals surface area contributed by atoms with Gasteiger partial charge in [-0.25, -0.2) is 4.79 Å². The average molecular weight is 465 g/mol. The van der Waals surface area contributed by atoms with Crippen molar-refractivity contribution >= 4 is 18.0 Å². The van der Waals surface area contributed by atoms with Gasteiger partial charge in [0, 0.05) is 12.5 Å². The van der Waals surface area contributed by atoms with Gasteiger partial charge < -0.3 is 20.5 Å². The molecule has 0 radical (unpaired) electrons. The van der Waals surface area contributed by atoms with Crippen molar-refractivity contribution in [1.29, 1.82) is 0 Å². The zero-order chi connectivity index (χ0) is 24.2. The van der Waals surface area contributed by atoms with Crippen molar-refractivity contribution in [3.63, 3.8) is 0 Å². The molecular weight excluding hydrogens is 432 g/mol. The number of ether oxygens (including phenoxy) is 1. The summed E-state index contributed by atoms with van der Waals surface area (Å²) in [6, 6.07) is 14.8. The summed E-state index contributed by atoms with van der Waals surface area (Å²) in [5.41, 5.74) is 4.39. The molecule has 0 aliphatic heterocycles. The number of hydrogen-bond donors (Lipinski definition) is 3. The molecule has 3 N–H and O–H groups in total. The second-order valence-corrected chi connectivity index (χ2v) is 9.75. The highest BCUT2D eigenvalue weighted by Crippen LogP contribution is 2.44. The van der Waals surface area contributed by atoms with Gasteiger partial charge in [0.2, 0.25) is 5.91 Å². The highest BCUT2D eigenvalue weighted by molar-refractivity contribution is 5.89. The van der Waals surface area contributed by atoms with Gasteiger partial charge >= 0.3 is 12.1 Å². The minimum absolute atomic E-state index is 0.0974. The lowest BCUT2D eigenvalue weighted by atomic mass is 9.98. The van der Waals surface area contributed by atoms with Crippen LogP contribution in [0.2, 0.25) is 0 Å². The number of carboxylic acid groups (broad SMARTS) is 1. The highest BCUT2D eigenvalue weighted by atomic mass is 16.5. The van der Waals surface area contributed by atoms with E-state index in [0.717, 1.165) is 35.1 Å². The summed E-state index contributed by atoms with van der Waals surface area (Å²) in [4.78, 5) is 36.4. The first kappa shape index (κ1) is 23.8. The lowest BCUT2D eigenvalue weighted by Gasteiger charge is -2.19. The Labute approximate surface area is 199 Å². The summed E-state index contributed by atoms with van der Waals surface area (Å²) in [7, 11) is 0. The Morgan fingerprint density at radius 3 is 2.21 bits per heavy atom. The molecule has 2 aromatic carbocycles. The molecule has 3 atom stereocenters. The predicted octanol–water partition coefficient (Wildman–Crippen LogP) is 4.17. The molecule has 180 valence electrons. The molecular formula is C27H32N2O5. The summed E-state index contributed by atoms with van der Waals surface area (Å²) < 4.78 is 5.48. The van der Waals surface area contributed by atoms with E-state index in [1.807, 2.05) is 48.5 Å². The van der Waals surface area contributed by atoms with Crippen molar-refractivity contribution in [2.45, 2.75) is 45.1 Å². The molecule has 0 spiro atoms. The Bertz CT molecular complexity index is 1020. The molecule has 34 heavy (non-hydrogen) atoms. The molecule has 0 saturated heterocycles. The van der Waals surface area contributed by atoms with Gasteiger partial charge in [0.1, 0.15) is 12.6 Å². The molecule has 7 nitrogen and oxygen atoms in total. The summed E-state index contributed by atoms with van der Waals surface area (Å²) in [5, 5.41) is 14.5. The largest absolute Gasteiger partial charge is 0.481 e. The topological polar surface area (TPSA) is 105 Å². The maximum atomic E-state index is 12.6. The number of carbonyl (C=O) groups excluding carboxylic acids is 2. The third-order valence-corrected chi connectivity index (χ3v) is 6.71. The van der Waals surface area contributed by atoms with E-state index in [1.165, 1.54) is 0 Å².